The van der Waals surface area contributed by atoms with Gasteiger partial charge in [-0.25, -0.2) is 0 Å². The van der Waals surface area contributed by atoms with Crippen molar-refractivity contribution in [2.45, 2.75) is 128 Å². The Morgan fingerprint density at radius 2 is 1.61 bits per heavy atom. The van der Waals surface area contributed by atoms with Crippen LogP contribution in [0.3, 0.4) is 0 Å². The van der Waals surface area contributed by atoms with Crippen LogP contribution in [0.4, 0.5) is 0 Å². The Morgan fingerprint density at radius 1 is 0.879 bits per heavy atom. The Bertz CT molecular complexity index is 825. The monoisotopic (exact) mass is 462 g/mol. The van der Waals surface area contributed by atoms with Crippen molar-refractivity contribution in [3.63, 3.8) is 0 Å². The van der Waals surface area contributed by atoms with E-state index in [0.29, 0.717) is 29.6 Å². The maximum Gasteiger partial charge on any atom is 0.198 e. The van der Waals surface area contributed by atoms with Gasteiger partial charge in [0.15, 0.2) is 5.79 Å². The molecule has 5 nitrogen and oxygen atoms in total. The van der Waals surface area contributed by atoms with Crippen LogP contribution in [-0.4, -0.2) is 50.6 Å². The summed E-state index contributed by atoms with van der Waals surface area (Å²) in [5.41, 5.74) is -1.45. The number of fused-ring (bicyclic) bond motifs is 7. The van der Waals surface area contributed by atoms with Crippen LogP contribution in [-0.2, 0) is 9.47 Å². The first-order valence-electron chi connectivity index (χ1n) is 13.7. The number of aliphatic hydroxyl groups excluding tert-OH is 2. The lowest BCUT2D eigenvalue weighted by Gasteiger charge is -2.63. The van der Waals surface area contributed by atoms with Crippen molar-refractivity contribution < 1.29 is 24.8 Å². The SMILES string of the molecule is C[C@H]1C[C@]2(O[C@H]3CC4C5CCC6C[C@H](O)CC[C@]6(C)C5[C@@H](O)C[C@]4(C)[C@H]3[C@@]2(C)O)OC1(C)C. The van der Waals surface area contributed by atoms with Crippen LogP contribution in [0.2, 0.25) is 0 Å². The molecule has 6 rings (SSSR count). The fraction of sp³-hybridized carbons (Fsp3) is 1.00. The second-order valence-electron chi connectivity index (χ2n) is 14.4. The molecular formula is C28H46O5. The van der Waals surface area contributed by atoms with Crippen LogP contribution in [0, 0.1) is 46.3 Å². The minimum atomic E-state index is -1.08. The Morgan fingerprint density at radius 3 is 2.27 bits per heavy atom. The summed E-state index contributed by atoms with van der Waals surface area (Å²) < 4.78 is 13.3. The molecule has 1 spiro atoms. The average molecular weight is 463 g/mol. The lowest BCUT2D eigenvalue weighted by molar-refractivity contribution is -0.300. The maximum absolute atomic E-state index is 12.2. The minimum Gasteiger partial charge on any atom is -0.393 e. The van der Waals surface area contributed by atoms with E-state index < -0.39 is 11.4 Å². The van der Waals surface area contributed by atoms with E-state index in [0.717, 1.165) is 51.4 Å². The van der Waals surface area contributed by atoms with Crippen LogP contribution in [0.1, 0.15) is 92.9 Å². The minimum absolute atomic E-state index is 0.0132. The molecule has 2 heterocycles. The highest BCUT2D eigenvalue weighted by atomic mass is 16.7. The molecule has 3 N–H and O–H groups in total. The van der Waals surface area contributed by atoms with Gasteiger partial charge in [0.1, 0.15) is 5.60 Å². The van der Waals surface area contributed by atoms with Crippen molar-refractivity contribution in [3.05, 3.63) is 0 Å². The summed E-state index contributed by atoms with van der Waals surface area (Å²) in [6.45, 7) is 13.1. The van der Waals surface area contributed by atoms with Crippen molar-refractivity contribution in [2.24, 2.45) is 46.3 Å². The highest BCUT2D eigenvalue weighted by molar-refractivity contribution is 5.22. The summed E-state index contributed by atoms with van der Waals surface area (Å²) in [7, 11) is 0. The van der Waals surface area contributed by atoms with Gasteiger partial charge in [-0.1, -0.05) is 20.8 Å². The van der Waals surface area contributed by atoms with Crippen LogP contribution < -0.4 is 0 Å². The summed E-state index contributed by atoms with van der Waals surface area (Å²) >= 11 is 0. The van der Waals surface area contributed by atoms with Gasteiger partial charge in [-0.3, -0.25) is 0 Å². The number of rotatable bonds is 0. The Balaban J connectivity index is 1.34. The van der Waals surface area contributed by atoms with E-state index in [1.54, 1.807) is 0 Å². The van der Waals surface area contributed by atoms with E-state index in [-0.39, 0.29) is 40.7 Å². The third-order valence-electron chi connectivity index (χ3n) is 12.5. The van der Waals surface area contributed by atoms with Gasteiger partial charge >= 0.3 is 0 Å². The molecule has 5 heteroatoms. The second kappa shape index (κ2) is 6.76. The van der Waals surface area contributed by atoms with E-state index in [4.69, 9.17) is 9.47 Å². The first-order chi connectivity index (χ1) is 15.3. The molecule has 6 aliphatic rings. The molecule has 2 aliphatic heterocycles. The molecule has 13 atom stereocenters. The zero-order valence-electron chi connectivity index (χ0n) is 21.5. The number of hydrogen-bond acceptors (Lipinski definition) is 5. The van der Waals surface area contributed by atoms with E-state index >= 15 is 0 Å². The van der Waals surface area contributed by atoms with E-state index in [1.165, 1.54) is 0 Å². The number of hydrogen-bond donors (Lipinski definition) is 3. The summed E-state index contributed by atoms with van der Waals surface area (Å²) in [5, 5.41) is 34.2. The average Bonchev–Trinajstić information content (AvgIpc) is 3.20. The predicted molar refractivity (Wildman–Crippen MR) is 125 cm³/mol. The molecule has 0 bridgehead atoms. The molecule has 4 saturated carbocycles. The van der Waals surface area contributed by atoms with Crippen molar-refractivity contribution in [2.75, 3.05) is 0 Å². The number of aliphatic hydroxyl groups is 3. The molecule has 4 unspecified atom stereocenters. The first-order valence-corrected chi connectivity index (χ1v) is 13.7. The molecule has 0 radical (unpaired) electrons. The molecule has 0 aromatic carbocycles. The molecule has 0 amide bonds. The molecule has 6 fully saturated rings. The normalized spacial score (nSPS) is 63.7. The van der Waals surface area contributed by atoms with Crippen molar-refractivity contribution in [1.29, 1.82) is 0 Å². The quantitative estimate of drug-likeness (QED) is 0.501. The van der Waals surface area contributed by atoms with Crippen LogP contribution >= 0.6 is 0 Å². The van der Waals surface area contributed by atoms with Crippen LogP contribution in [0.15, 0.2) is 0 Å². The number of ether oxygens (including phenoxy) is 2. The molecule has 33 heavy (non-hydrogen) atoms. The Labute approximate surface area is 199 Å². The Kier molecular flexibility index (Phi) is 4.76. The molecule has 4 aliphatic carbocycles. The van der Waals surface area contributed by atoms with Gasteiger partial charge < -0.3 is 24.8 Å². The Hall–Kier alpha value is -0.200. The first kappa shape index (κ1) is 23.2. The predicted octanol–water partition coefficient (Wildman–Crippen LogP) is 4.27. The molecule has 0 aromatic heterocycles. The molecule has 188 valence electrons. The zero-order chi connectivity index (χ0) is 23.8. The lowest BCUT2D eigenvalue weighted by Crippen LogP contribution is -2.62. The summed E-state index contributed by atoms with van der Waals surface area (Å²) in [5.74, 6) is 1.08. The highest BCUT2D eigenvalue weighted by Crippen LogP contribution is 2.72. The standard InChI is InChI=1S/C28H46O5/c1-15-13-28(33-24(15,2)3)27(6,31)23-21(32-28)12-19-18-8-7-16-11-17(29)9-10-25(16,4)22(18)20(30)14-26(19,23)5/h15-23,29-31H,7-14H2,1-6H3/t15-,16?,17+,18?,19?,20-,21-,22?,23-,25-,26-,27+,28-/m0/s1. The van der Waals surface area contributed by atoms with Crippen LogP contribution in [0.5, 0.6) is 0 Å². The van der Waals surface area contributed by atoms with Gasteiger partial charge in [0.2, 0.25) is 0 Å². The summed E-state index contributed by atoms with van der Waals surface area (Å²) in [4.78, 5) is 0. The van der Waals surface area contributed by atoms with Gasteiger partial charge in [0.05, 0.1) is 23.9 Å². The third-order valence-corrected chi connectivity index (χ3v) is 12.5. The van der Waals surface area contributed by atoms with Gasteiger partial charge in [0.25, 0.3) is 0 Å². The molecular weight excluding hydrogens is 416 g/mol. The summed E-state index contributed by atoms with van der Waals surface area (Å²) in [6.07, 6.45) is 6.94. The fourth-order valence-electron chi connectivity index (χ4n) is 10.7. The second-order valence-corrected chi connectivity index (χ2v) is 14.4. The van der Waals surface area contributed by atoms with Crippen LogP contribution in [0.25, 0.3) is 0 Å². The topological polar surface area (TPSA) is 79.2 Å². The van der Waals surface area contributed by atoms with Gasteiger partial charge in [-0.2, -0.15) is 0 Å². The van der Waals surface area contributed by atoms with Gasteiger partial charge in [-0.05, 0) is 106 Å². The molecule has 0 aromatic rings. The van der Waals surface area contributed by atoms with Crippen molar-refractivity contribution in [3.8, 4) is 0 Å². The molecule has 2 saturated heterocycles. The van der Waals surface area contributed by atoms with Gasteiger partial charge in [-0.15, -0.1) is 0 Å². The van der Waals surface area contributed by atoms with E-state index in [2.05, 4.69) is 34.6 Å². The van der Waals surface area contributed by atoms with E-state index in [1.807, 2.05) is 6.92 Å². The third kappa shape index (κ3) is 2.78. The van der Waals surface area contributed by atoms with Crippen molar-refractivity contribution >= 4 is 0 Å². The zero-order valence-corrected chi connectivity index (χ0v) is 21.5. The largest absolute Gasteiger partial charge is 0.393 e. The van der Waals surface area contributed by atoms with Crippen molar-refractivity contribution in [1.82, 2.24) is 0 Å². The fourth-order valence-corrected chi connectivity index (χ4v) is 10.7. The van der Waals surface area contributed by atoms with E-state index in [9.17, 15) is 15.3 Å². The lowest BCUT2D eigenvalue weighted by atomic mass is 9.43. The maximum atomic E-state index is 12.2. The van der Waals surface area contributed by atoms with Gasteiger partial charge in [0, 0.05) is 12.3 Å². The smallest absolute Gasteiger partial charge is 0.198 e. The highest BCUT2D eigenvalue weighted by Gasteiger charge is 2.77. The summed E-state index contributed by atoms with van der Waals surface area (Å²) in [6, 6.07) is 0.